The number of hydrogen-bond donors (Lipinski definition) is 0. The van der Waals surface area contributed by atoms with Gasteiger partial charge in [0.05, 0.1) is 13.1 Å². The molecule has 0 bridgehead atoms. The summed E-state index contributed by atoms with van der Waals surface area (Å²) in [6.07, 6.45) is 1.04. The Morgan fingerprint density at radius 1 is 0.641 bits per heavy atom. The van der Waals surface area contributed by atoms with E-state index in [0.29, 0.717) is 52.1 Å². The Morgan fingerprint density at radius 2 is 1.03 bits per heavy atom. The van der Waals surface area contributed by atoms with E-state index in [9.17, 15) is 19.2 Å². The molecule has 0 aromatic heterocycles. The highest BCUT2D eigenvalue weighted by Gasteiger charge is 2.33. The lowest BCUT2D eigenvalue weighted by Crippen LogP contribution is -2.49. The second-order valence-electron chi connectivity index (χ2n) is 13.2. The summed E-state index contributed by atoms with van der Waals surface area (Å²) in [5, 5.41) is 0. The number of carbonyl (C=O) groups excluding carboxylic acids is 4. The molecule has 1 heterocycles. The van der Waals surface area contributed by atoms with Gasteiger partial charge in [0.2, 0.25) is 0 Å². The van der Waals surface area contributed by atoms with Crippen LogP contribution in [0.5, 0.6) is 0 Å². The molecule has 0 N–H and O–H groups in total. The number of esters is 3. The molecule has 0 radical (unpaired) electrons. The van der Waals surface area contributed by atoms with E-state index in [1.807, 2.05) is 83.9 Å². The molecule has 1 aliphatic rings. The molecule has 1 unspecified atom stereocenters. The molecule has 0 saturated carbocycles. The van der Waals surface area contributed by atoms with Crippen LogP contribution in [-0.4, -0.2) is 114 Å². The van der Waals surface area contributed by atoms with Gasteiger partial charge in [0, 0.05) is 52.1 Å². The third-order valence-electron chi connectivity index (χ3n) is 5.90. The second-order valence-corrected chi connectivity index (χ2v) is 13.2. The van der Waals surface area contributed by atoms with Gasteiger partial charge in [-0.25, -0.2) is 0 Å². The number of rotatable bonds is 10. The van der Waals surface area contributed by atoms with Gasteiger partial charge < -0.3 is 14.2 Å². The van der Waals surface area contributed by atoms with Gasteiger partial charge in [-0.1, -0.05) is 6.92 Å². The summed E-state index contributed by atoms with van der Waals surface area (Å²) in [6, 6.07) is -0.621. The SMILES string of the molecule is CCC(=O)CCC(C(=O)OC(C)(C)C)N1CCN(CC(=O)OC(C)(C)C)CCN(CC(=O)OC(C)(C)C)CC1. The van der Waals surface area contributed by atoms with E-state index in [0.717, 1.165) is 0 Å². The minimum atomic E-state index is -0.671. The van der Waals surface area contributed by atoms with Crippen molar-refractivity contribution in [3.05, 3.63) is 0 Å². The maximum absolute atomic E-state index is 13.3. The van der Waals surface area contributed by atoms with Gasteiger partial charge in [-0.2, -0.15) is 0 Å². The first-order valence-corrected chi connectivity index (χ1v) is 14.1. The summed E-state index contributed by atoms with van der Waals surface area (Å²) < 4.78 is 16.8. The molecule has 39 heavy (non-hydrogen) atoms. The standard InChI is InChI=1S/C29H53N3O7/c1-11-22(33)12-13-23(26(36)39-29(8,9)10)32-18-16-30(20-24(34)37-27(2,3)4)14-15-31(17-19-32)21-25(35)38-28(5,6)7/h23H,11-21H2,1-10H3. The van der Waals surface area contributed by atoms with Gasteiger partial charge in [0.1, 0.15) is 28.6 Å². The zero-order valence-electron chi connectivity index (χ0n) is 26.1. The average Bonchev–Trinajstić information content (AvgIpc) is 2.81. The maximum atomic E-state index is 13.3. The first-order chi connectivity index (χ1) is 17.8. The fraction of sp³-hybridized carbons (Fsp3) is 0.862. The molecular weight excluding hydrogens is 502 g/mol. The van der Waals surface area contributed by atoms with Crippen LogP contribution < -0.4 is 0 Å². The number of hydrogen-bond acceptors (Lipinski definition) is 10. The highest BCUT2D eigenvalue weighted by Crippen LogP contribution is 2.18. The van der Waals surface area contributed by atoms with E-state index in [2.05, 4.69) is 0 Å². The Kier molecular flexibility index (Phi) is 13.5. The summed E-state index contributed by atoms with van der Waals surface area (Å²) in [5.41, 5.74) is -1.87. The number of ether oxygens (including phenoxy) is 3. The molecule has 0 amide bonds. The lowest BCUT2D eigenvalue weighted by atomic mass is 10.0. The normalized spacial score (nSPS) is 17.9. The van der Waals surface area contributed by atoms with E-state index in [1.165, 1.54) is 0 Å². The third kappa shape index (κ3) is 16.0. The van der Waals surface area contributed by atoms with Crippen molar-refractivity contribution in [3.63, 3.8) is 0 Å². The Labute approximate surface area is 235 Å². The largest absolute Gasteiger partial charge is 0.459 e. The minimum absolute atomic E-state index is 0.0888. The molecule has 10 nitrogen and oxygen atoms in total. The van der Waals surface area contributed by atoms with Crippen molar-refractivity contribution < 1.29 is 33.4 Å². The molecule has 0 aliphatic carbocycles. The topological polar surface area (TPSA) is 106 Å². The zero-order valence-corrected chi connectivity index (χ0v) is 26.1. The van der Waals surface area contributed by atoms with Crippen LogP contribution in [0.25, 0.3) is 0 Å². The second kappa shape index (κ2) is 15.1. The van der Waals surface area contributed by atoms with E-state index in [4.69, 9.17) is 14.2 Å². The van der Waals surface area contributed by atoms with E-state index in [-0.39, 0.29) is 43.2 Å². The van der Waals surface area contributed by atoms with Crippen molar-refractivity contribution >= 4 is 23.7 Å². The summed E-state index contributed by atoms with van der Waals surface area (Å²) >= 11 is 0. The van der Waals surface area contributed by atoms with Crippen molar-refractivity contribution in [1.82, 2.24) is 14.7 Å². The fourth-order valence-electron chi connectivity index (χ4n) is 4.19. The van der Waals surface area contributed by atoms with Gasteiger partial charge in [0.15, 0.2) is 0 Å². The third-order valence-corrected chi connectivity index (χ3v) is 5.90. The van der Waals surface area contributed by atoms with Crippen molar-refractivity contribution in [2.45, 2.75) is 111 Å². The Bertz CT molecular complexity index is 782. The molecule has 0 spiro atoms. The highest BCUT2D eigenvalue weighted by atomic mass is 16.6. The van der Waals surface area contributed by atoms with E-state index in [1.54, 1.807) is 0 Å². The Balaban J connectivity index is 3.20. The summed E-state index contributed by atoms with van der Waals surface area (Å²) in [6.45, 7) is 21.6. The van der Waals surface area contributed by atoms with Gasteiger partial charge >= 0.3 is 17.9 Å². The zero-order chi connectivity index (χ0) is 30.0. The lowest BCUT2D eigenvalue weighted by molar-refractivity contribution is -0.163. The van der Waals surface area contributed by atoms with Crippen LogP contribution in [0.1, 0.15) is 88.5 Å². The molecular formula is C29H53N3O7. The van der Waals surface area contributed by atoms with Crippen molar-refractivity contribution in [1.29, 1.82) is 0 Å². The van der Waals surface area contributed by atoms with Crippen LogP contribution in [-0.2, 0) is 33.4 Å². The number of ketones is 1. The molecule has 1 rings (SSSR count). The van der Waals surface area contributed by atoms with Gasteiger partial charge in [-0.3, -0.25) is 33.9 Å². The highest BCUT2D eigenvalue weighted by molar-refractivity contribution is 5.80. The summed E-state index contributed by atoms with van der Waals surface area (Å²) in [4.78, 5) is 56.8. The first-order valence-electron chi connectivity index (χ1n) is 14.1. The predicted molar refractivity (Wildman–Crippen MR) is 150 cm³/mol. The Morgan fingerprint density at radius 3 is 1.38 bits per heavy atom. The number of carbonyl (C=O) groups is 4. The quantitative estimate of drug-likeness (QED) is 0.295. The smallest absolute Gasteiger partial charge is 0.323 e. The molecule has 226 valence electrons. The summed E-state index contributed by atoms with van der Waals surface area (Å²) in [7, 11) is 0. The predicted octanol–water partition coefficient (Wildman–Crippen LogP) is 3.06. The van der Waals surface area contributed by atoms with Crippen molar-refractivity contribution in [3.8, 4) is 0 Å². The van der Waals surface area contributed by atoms with Gasteiger partial charge in [0.25, 0.3) is 0 Å². The average molecular weight is 556 g/mol. The Hall–Kier alpha value is -2.04. The fourth-order valence-corrected chi connectivity index (χ4v) is 4.19. The lowest BCUT2D eigenvalue weighted by Gasteiger charge is -2.33. The molecule has 1 fully saturated rings. The minimum Gasteiger partial charge on any atom is -0.459 e. The van der Waals surface area contributed by atoms with E-state index >= 15 is 0 Å². The van der Waals surface area contributed by atoms with Gasteiger partial charge in [-0.15, -0.1) is 0 Å². The first kappa shape index (κ1) is 35.0. The maximum Gasteiger partial charge on any atom is 0.323 e. The molecule has 10 heteroatoms. The number of nitrogens with zero attached hydrogens (tertiary/aromatic N) is 3. The van der Waals surface area contributed by atoms with Crippen LogP contribution >= 0.6 is 0 Å². The molecule has 1 atom stereocenters. The van der Waals surface area contributed by atoms with Crippen LogP contribution in [0, 0.1) is 0 Å². The van der Waals surface area contributed by atoms with E-state index < -0.39 is 22.8 Å². The van der Waals surface area contributed by atoms with Crippen molar-refractivity contribution in [2.24, 2.45) is 0 Å². The van der Waals surface area contributed by atoms with Crippen molar-refractivity contribution in [2.75, 3.05) is 52.4 Å². The molecule has 1 aliphatic heterocycles. The summed E-state index contributed by atoms with van der Waals surface area (Å²) in [5.74, 6) is -0.942. The van der Waals surface area contributed by atoms with Crippen LogP contribution in [0.3, 0.4) is 0 Å². The van der Waals surface area contributed by atoms with Crippen LogP contribution in [0.2, 0.25) is 0 Å². The molecule has 0 aromatic carbocycles. The van der Waals surface area contributed by atoms with Crippen LogP contribution in [0.4, 0.5) is 0 Å². The monoisotopic (exact) mass is 555 g/mol. The van der Waals surface area contributed by atoms with Gasteiger partial charge in [-0.05, 0) is 68.7 Å². The molecule has 0 aromatic rings. The number of Topliss-reactive ketones (excluding diaryl/α,β-unsaturated/α-hetero) is 1. The van der Waals surface area contributed by atoms with Crippen LogP contribution in [0.15, 0.2) is 0 Å². The molecule has 1 saturated heterocycles.